The van der Waals surface area contributed by atoms with Crippen LogP contribution in [0.2, 0.25) is 0 Å². The number of carboxylic acid groups (broad SMARTS) is 1. The van der Waals surface area contributed by atoms with E-state index in [0.29, 0.717) is 18.4 Å². The Bertz CT molecular complexity index is 580. The second-order valence-electron chi connectivity index (χ2n) is 6.53. The van der Waals surface area contributed by atoms with Crippen molar-refractivity contribution < 1.29 is 27.9 Å². The molecule has 1 unspecified atom stereocenters. The molecule has 4 nitrogen and oxygen atoms in total. The van der Waals surface area contributed by atoms with Crippen molar-refractivity contribution >= 4 is 11.9 Å². The van der Waals surface area contributed by atoms with Gasteiger partial charge in [-0.25, -0.2) is 0 Å². The lowest BCUT2D eigenvalue weighted by atomic mass is 9.89. The summed E-state index contributed by atoms with van der Waals surface area (Å²) in [6.07, 6.45) is -3.77. The van der Waals surface area contributed by atoms with Gasteiger partial charge in [0.1, 0.15) is 0 Å². The maximum atomic E-state index is 12.5. The number of halogens is 3. The summed E-state index contributed by atoms with van der Waals surface area (Å²) >= 11 is 0. The van der Waals surface area contributed by atoms with E-state index in [-0.39, 0.29) is 12.5 Å². The first-order valence-electron chi connectivity index (χ1n) is 7.61. The number of nitrogens with one attached hydrogen (secondary N) is 1. The van der Waals surface area contributed by atoms with Gasteiger partial charge in [0.15, 0.2) is 0 Å². The Morgan fingerprint density at radius 3 is 2.17 bits per heavy atom. The lowest BCUT2D eigenvalue weighted by Crippen LogP contribution is -2.35. The van der Waals surface area contributed by atoms with Gasteiger partial charge in [0, 0.05) is 12.5 Å². The second-order valence-corrected chi connectivity index (χ2v) is 6.53. The quantitative estimate of drug-likeness (QED) is 0.795. The molecule has 0 bridgehead atoms. The third kappa shape index (κ3) is 5.86. The van der Waals surface area contributed by atoms with E-state index in [2.05, 4.69) is 5.32 Å². The van der Waals surface area contributed by atoms with Crippen LogP contribution in [-0.2, 0) is 22.2 Å². The SMILES string of the molecule is CC(Cc1ccc(C(F)(F)F)cc1)C(=O)NCCC(C)(C)C(=O)O. The molecule has 1 aromatic rings. The van der Waals surface area contributed by atoms with Gasteiger partial charge in [0.25, 0.3) is 0 Å². The molecule has 24 heavy (non-hydrogen) atoms. The van der Waals surface area contributed by atoms with Crippen molar-refractivity contribution in [2.24, 2.45) is 11.3 Å². The number of hydrogen-bond donors (Lipinski definition) is 2. The monoisotopic (exact) mass is 345 g/mol. The summed E-state index contributed by atoms with van der Waals surface area (Å²) in [7, 11) is 0. The minimum Gasteiger partial charge on any atom is -0.481 e. The summed E-state index contributed by atoms with van der Waals surface area (Å²) in [6, 6.07) is 4.71. The van der Waals surface area contributed by atoms with E-state index >= 15 is 0 Å². The molecular formula is C17H22F3NO3. The molecule has 1 amide bonds. The zero-order chi connectivity index (χ0) is 18.5. The summed E-state index contributed by atoms with van der Waals surface area (Å²) in [6.45, 7) is 5.06. The average Bonchev–Trinajstić information content (AvgIpc) is 2.46. The van der Waals surface area contributed by atoms with Gasteiger partial charge in [-0.1, -0.05) is 19.1 Å². The number of carbonyl (C=O) groups is 2. The van der Waals surface area contributed by atoms with Crippen molar-refractivity contribution in [3.63, 3.8) is 0 Å². The molecule has 0 fully saturated rings. The Morgan fingerprint density at radius 2 is 1.71 bits per heavy atom. The number of carbonyl (C=O) groups excluding carboxylic acids is 1. The lowest BCUT2D eigenvalue weighted by Gasteiger charge is -2.20. The fourth-order valence-corrected chi connectivity index (χ4v) is 2.06. The molecule has 2 N–H and O–H groups in total. The van der Waals surface area contributed by atoms with Crippen molar-refractivity contribution in [1.29, 1.82) is 0 Å². The molecule has 0 heterocycles. The highest BCUT2D eigenvalue weighted by atomic mass is 19.4. The van der Waals surface area contributed by atoms with Crippen molar-refractivity contribution in [1.82, 2.24) is 5.32 Å². The molecule has 0 aliphatic heterocycles. The average molecular weight is 345 g/mol. The standard InChI is InChI=1S/C17H22F3NO3/c1-11(14(22)21-9-8-16(2,3)15(23)24)10-12-4-6-13(7-5-12)17(18,19)20/h4-7,11H,8-10H2,1-3H3,(H,21,22)(H,23,24). The van der Waals surface area contributed by atoms with Gasteiger partial charge in [0.05, 0.1) is 11.0 Å². The van der Waals surface area contributed by atoms with Crippen LogP contribution in [0, 0.1) is 11.3 Å². The van der Waals surface area contributed by atoms with Crippen molar-refractivity contribution in [3.8, 4) is 0 Å². The van der Waals surface area contributed by atoms with E-state index in [1.807, 2.05) is 0 Å². The smallest absolute Gasteiger partial charge is 0.416 e. The summed E-state index contributed by atoms with van der Waals surface area (Å²) in [5, 5.41) is 11.7. The number of alkyl halides is 3. The summed E-state index contributed by atoms with van der Waals surface area (Å²) in [5.41, 5.74) is -1.01. The Labute approximate surface area is 139 Å². The van der Waals surface area contributed by atoms with E-state index in [1.54, 1.807) is 20.8 Å². The number of hydrogen-bond acceptors (Lipinski definition) is 2. The molecule has 0 aliphatic carbocycles. The molecule has 1 rings (SSSR count). The summed E-state index contributed by atoms with van der Waals surface area (Å²) < 4.78 is 37.5. The maximum Gasteiger partial charge on any atom is 0.416 e. The number of carboxylic acids is 1. The molecule has 7 heteroatoms. The van der Waals surface area contributed by atoms with Crippen LogP contribution in [0.3, 0.4) is 0 Å². The Balaban J connectivity index is 2.51. The third-order valence-corrected chi connectivity index (χ3v) is 3.90. The van der Waals surface area contributed by atoms with Crippen LogP contribution >= 0.6 is 0 Å². The largest absolute Gasteiger partial charge is 0.481 e. The van der Waals surface area contributed by atoms with E-state index in [0.717, 1.165) is 12.1 Å². The van der Waals surface area contributed by atoms with Crippen LogP contribution in [0.25, 0.3) is 0 Å². The normalized spacial score (nSPS) is 13.4. The molecule has 1 aromatic carbocycles. The number of aliphatic carboxylic acids is 1. The highest BCUT2D eigenvalue weighted by molar-refractivity contribution is 5.78. The first kappa shape index (κ1) is 20.0. The minimum atomic E-state index is -4.38. The first-order valence-corrected chi connectivity index (χ1v) is 7.61. The topological polar surface area (TPSA) is 66.4 Å². The molecule has 0 spiro atoms. The Morgan fingerprint density at radius 1 is 1.17 bits per heavy atom. The summed E-state index contributed by atoms with van der Waals surface area (Å²) in [5.74, 6) is -1.61. The van der Waals surface area contributed by atoms with Crippen molar-refractivity contribution in [2.75, 3.05) is 6.54 Å². The molecule has 0 saturated carbocycles. The van der Waals surface area contributed by atoms with Crippen LogP contribution in [0.4, 0.5) is 13.2 Å². The van der Waals surface area contributed by atoms with Crippen LogP contribution < -0.4 is 5.32 Å². The fraction of sp³-hybridized carbons (Fsp3) is 0.529. The highest BCUT2D eigenvalue weighted by Gasteiger charge is 2.30. The maximum absolute atomic E-state index is 12.5. The minimum absolute atomic E-state index is 0.232. The van der Waals surface area contributed by atoms with Crippen LogP contribution in [-0.4, -0.2) is 23.5 Å². The van der Waals surface area contributed by atoms with Gasteiger partial charge in [-0.15, -0.1) is 0 Å². The molecule has 134 valence electrons. The predicted molar refractivity (Wildman–Crippen MR) is 83.4 cm³/mol. The van der Waals surface area contributed by atoms with Gasteiger partial charge in [0.2, 0.25) is 5.91 Å². The molecule has 0 saturated heterocycles. The van der Waals surface area contributed by atoms with Crippen LogP contribution in [0.1, 0.15) is 38.3 Å². The van der Waals surface area contributed by atoms with Gasteiger partial charge in [-0.3, -0.25) is 9.59 Å². The second kappa shape index (κ2) is 7.68. The molecule has 0 radical (unpaired) electrons. The first-order chi connectivity index (χ1) is 10.9. The van der Waals surface area contributed by atoms with E-state index in [9.17, 15) is 22.8 Å². The van der Waals surface area contributed by atoms with Gasteiger partial charge >= 0.3 is 12.1 Å². The van der Waals surface area contributed by atoms with Gasteiger partial charge in [-0.2, -0.15) is 13.2 Å². The molecule has 0 aliphatic rings. The summed E-state index contributed by atoms with van der Waals surface area (Å²) in [4.78, 5) is 23.0. The number of rotatable bonds is 7. The Kier molecular flexibility index (Phi) is 6.40. The predicted octanol–water partition coefficient (Wildman–Crippen LogP) is 3.50. The van der Waals surface area contributed by atoms with E-state index in [4.69, 9.17) is 5.11 Å². The van der Waals surface area contributed by atoms with Crippen molar-refractivity contribution in [3.05, 3.63) is 35.4 Å². The number of benzene rings is 1. The Hall–Kier alpha value is -2.05. The van der Waals surface area contributed by atoms with Crippen molar-refractivity contribution in [2.45, 2.75) is 39.8 Å². The van der Waals surface area contributed by atoms with E-state index in [1.165, 1.54) is 12.1 Å². The van der Waals surface area contributed by atoms with Crippen LogP contribution in [0.15, 0.2) is 24.3 Å². The van der Waals surface area contributed by atoms with Gasteiger partial charge < -0.3 is 10.4 Å². The molecular weight excluding hydrogens is 323 g/mol. The number of amides is 1. The van der Waals surface area contributed by atoms with Gasteiger partial charge in [-0.05, 0) is 44.4 Å². The molecule has 0 aromatic heterocycles. The fourth-order valence-electron chi connectivity index (χ4n) is 2.06. The van der Waals surface area contributed by atoms with E-state index < -0.39 is 29.0 Å². The zero-order valence-electron chi connectivity index (χ0n) is 13.9. The van der Waals surface area contributed by atoms with Crippen LogP contribution in [0.5, 0.6) is 0 Å². The zero-order valence-corrected chi connectivity index (χ0v) is 13.9. The lowest BCUT2D eigenvalue weighted by molar-refractivity contribution is -0.147. The third-order valence-electron chi connectivity index (χ3n) is 3.90. The highest BCUT2D eigenvalue weighted by Crippen LogP contribution is 2.29. The molecule has 1 atom stereocenters.